The average Bonchev–Trinajstić information content (AvgIpc) is 2.23. The molecule has 3 nitrogen and oxygen atoms in total. The fraction of sp³-hybridized carbons (Fsp3) is 0.933. The normalized spacial score (nSPS) is 43.1. The molecule has 1 amide bonds. The fourth-order valence-electron chi connectivity index (χ4n) is 3.64. The number of hydrogen-bond donors (Lipinski definition) is 2. The predicted octanol–water partition coefficient (Wildman–Crippen LogP) is 2.30. The lowest BCUT2D eigenvalue weighted by atomic mass is 9.60. The van der Waals surface area contributed by atoms with E-state index in [1.165, 1.54) is 0 Å². The molecule has 2 aliphatic carbocycles. The van der Waals surface area contributed by atoms with Crippen LogP contribution in [-0.4, -0.2) is 18.0 Å². The summed E-state index contributed by atoms with van der Waals surface area (Å²) < 4.78 is 0. The maximum absolute atomic E-state index is 12.4. The van der Waals surface area contributed by atoms with Crippen molar-refractivity contribution in [1.82, 2.24) is 5.32 Å². The van der Waals surface area contributed by atoms with Crippen molar-refractivity contribution in [3.8, 4) is 0 Å². The Kier molecular flexibility index (Phi) is 3.72. The molecule has 2 aliphatic rings. The molecule has 104 valence electrons. The molecule has 0 radical (unpaired) electrons. The van der Waals surface area contributed by atoms with Crippen LogP contribution in [0.15, 0.2) is 0 Å². The van der Waals surface area contributed by atoms with Crippen molar-refractivity contribution in [1.29, 1.82) is 0 Å². The number of nitrogens with one attached hydrogen (secondary N) is 1. The van der Waals surface area contributed by atoms with E-state index in [1.54, 1.807) is 0 Å². The van der Waals surface area contributed by atoms with Crippen molar-refractivity contribution in [2.45, 2.75) is 65.5 Å². The quantitative estimate of drug-likeness (QED) is 0.792. The first kappa shape index (κ1) is 13.9. The largest absolute Gasteiger partial charge is 0.353 e. The number of carbonyl (C=O) groups is 1. The number of hydrogen-bond acceptors (Lipinski definition) is 2. The molecule has 0 aromatic heterocycles. The van der Waals surface area contributed by atoms with E-state index in [4.69, 9.17) is 5.73 Å². The third-order valence-electron chi connectivity index (χ3n) is 5.54. The van der Waals surface area contributed by atoms with Gasteiger partial charge in [0.2, 0.25) is 5.91 Å². The summed E-state index contributed by atoms with van der Waals surface area (Å²) in [7, 11) is 0. The summed E-state index contributed by atoms with van der Waals surface area (Å²) in [6, 6.07) is 0.669. The highest BCUT2D eigenvalue weighted by Gasteiger charge is 2.45. The van der Waals surface area contributed by atoms with Crippen molar-refractivity contribution in [2.75, 3.05) is 0 Å². The van der Waals surface area contributed by atoms with Gasteiger partial charge in [0.15, 0.2) is 0 Å². The second-order valence-electron chi connectivity index (χ2n) is 7.19. The number of amides is 1. The van der Waals surface area contributed by atoms with E-state index in [0.29, 0.717) is 12.0 Å². The fourth-order valence-corrected chi connectivity index (χ4v) is 3.64. The van der Waals surface area contributed by atoms with Gasteiger partial charge in [-0.05, 0) is 42.9 Å². The zero-order chi connectivity index (χ0) is 13.5. The van der Waals surface area contributed by atoms with Crippen LogP contribution in [0.25, 0.3) is 0 Å². The van der Waals surface area contributed by atoms with Gasteiger partial charge in [-0.3, -0.25) is 4.79 Å². The molecule has 0 bridgehead atoms. The SMILES string of the molecule is CC1CC(NC(=O)C2CCC(N)C(C)C2(C)C)C1. The van der Waals surface area contributed by atoms with Crippen molar-refractivity contribution in [2.24, 2.45) is 28.9 Å². The molecule has 3 heteroatoms. The first-order valence-electron chi connectivity index (χ1n) is 7.38. The van der Waals surface area contributed by atoms with E-state index in [0.717, 1.165) is 31.6 Å². The molecule has 0 aromatic carbocycles. The van der Waals surface area contributed by atoms with Crippen LogP contribution in [-0.2, 0) is 4.79 Å². The number of carbonyl (C=O) groups excluding carboxylic acids is 1. The summed E-state index contributed by atoms with van der Waals surface area (Å²) in [6.07, 6.45) is 4.21. The maximum atomic E-state index is 12.4. The average molecular weight is 252 g/mol. The standard InChI is InChI=1S/C15H28N2O/c1-9-7-11(8-9)17-14(18)12-5-6-13(16)10(2)15(12,3)4/h9-13H,5-8,16H2,1-4H3,(H,17,18). The van der Waals surface area contributed by atoms with Gasteiger partial charge in [0.25, 0.3) is 0 Å². The topological polar surface area (TPSA) is 55.1 Å². The van der Waals surface area contributed by atoms with Crippen LogP contribution in [0, 0.1) is 23.2 Å². The number of rotatable bonds is 2. The van der Waals surface area contributed by atoms with Crippen molar-refractivity contribution in [3.05, 3.63) is 0 Å². The zero-order valence-electron chi connectivity index (χ0n) is 12.2. The van der Waals surface area contributed by atoms with Crippen LogP contribution in [0.5, 0.6) is 0 Å². The zero-order valence-corrected chi connectivity index (χ0v) is 12.2. The van der Waals surface area contributed by atoms with Gasteiger partial charge in [-0.2, -0.15) is 0 Å². The van der Waals surface area contributed by atoms with Crippen LogP contribution in [0.2, 0.25) is 0 Å². The van der Waals surface area contributed by atoms with Gasteiger partial charge in [0.05, 0.1) is 0 Å². The summed E-state index contributed by atoms with van der Waals surface area (Å²) in [5.74, 6) is 1.57. The van der Waals surface area contributed by atoms with E-state index >= 15 is 0 Å². The lowest BCUT2D eigenvalue weighted by Crippen LogP contribution is -2.54. The summed E-state index contributed by atoms with van der Waals surface area (Å²) in [6.45, 7) is 8.83. The molecule has 2 rings (SSSR count). The Morgan fingerprint density at radius 3 is 2.39 bits per heavy atom. The molecule has 3 N–H and O–H groups in total. The Balaban J connectivity index is 1.97. The third-order valence-corrected chi connectivity index (χ3v) is 5.54. The Labute approximate surface area is 111 Å². The molecule has 3 atom stereocenters. The molecular weight excluding hydrogens is 224 g/mol. The summed E-state index contributed by atoms with van der Waals surface area (Å²) >= 11 is 0. The summed E-state index contributed by atoms with van der Waals surface area (Å²) in [4.78, 5) is 12.4. The van der Waals surface area contributed by atoms with E-state index in [1.807, 2.05) is 0 Å². The van der Waals surface area contributed by atoms with Gasteiger partial charge in [0.1, 0.15) is 0 Å². The lowest BCUT2D eigenvalue weighted by Gasteiger charge is -2.47. The van der Waals surface area contributed by atoms with E-state index in [2.05, 4.69) is 33.0 Å². The minimum absolute atomic E-state index is 0.0110. The molecule has 3 unspecified atom stereocenters. The molecule has 2 fully saturated rings. The van der Waals surface area contributed by atoms with Crippen LogP contribution in [0.4, 0.5) is 0 Å². The molecule has 0 spiro atoms. The second-order valence-corrected chi connectivity index (χ2v) is 7.19. The van der Waals surface area contributed by atoms with Crippen LogP contribution < -0.4 is 11.1 Å². The number of nitrogens with two attached hydrogens (primary N) is 1. The molecule has 0 aliphatic heterocycles. The monoisotopic (exact) mass is 252 g/mol. The summed E-state index contributed by atoms with van der Waals surface area (Å²) in [5, 5.41) is 3.23. The van der Waals surface area contributed by atoms with Gasteiger partial charge in [-0.25, -0.2) is 0 Å². The van der Waals surface area contributed by atoms with Crippen LogP contribution in [0.1, 0.15) is 53.4 Å². The predicted molar refractivity (Wildman–Crippen MR) is 74.0 cm³/mol. The summed E-state index contributed by atoms with van der Waals surface area (Å²) in [5.41, 5.74) is 6.15. The molecule has 0 aromatic rings. The molecule has 18 heavy (non-hydrogen) atoms. The van der Waals surface area contributed by atoms with E-state index < -0.39 is 0 Å². The minimum atomic E-state index is 0.0110. The first-order valence-corrected chi connectivity index (χ1v) is 7.38. The maximum Gasteiger partial charge on any atom is 0.223 e. The molecule has 2 saturated carbocycles. The van der Waals surface area contributed by atoms with Crippen molar-refractivity contribution < 1.29 is 4.79 Å². The lowest BCUT2D eigenvalue weighted by molar-refractivity contribution is -0.134. The Hall–Kier alpha value is -0.570. The van der Waals surface area contributed by atoms with Gasteiger partial charge in [-0.1, -0.05) is 27.7 Å². The molecular formula is C15H28N2O. The van der Waals surface area contributed by atoms with E-state index in [9.17, 15) is 4.79 Å². The first-order chi connectivity index (χ1) is 8.32. The third kappa shape index (κ3) is 2.42. The minimum Gasteiger partial charge on any atom is -0.353 e. The van der Waals surface area contributed by atoms with Gasteiger partial charge >= 0.3 is 0 Å². The van der Waals surface area contributed by atoms with Gasteiger partial charge < -0.3 is 11.1 Å². The molecule has 0 saturated heterocycles. The van der Waals surface area contributed by atoms with Crippen molar-refractivity contribution >= 4 is 5.91 Å². The second kappa shape index (κ2) is 4.84. The highest BCUT2D eigenvalue weighted by atomic mass is 16.2. The molecule has 0 heterocycles. The Morgan fingerprint density at radius 2 is 1.83 bits per heavy atom. The Bertz CT molecular complexity index is 320. The van der Waals surface area contributed by atoms with Crippen LogP contribution >= 0.6 is 0 Å². The smallest absolute Gasteiger partial charge is 0.223 e. The van der Waals surface area contributed by atoms with E-state index in [-0.39, 0.29) is 23.3 Å². The van der Waals surface area contributed by atoms with Crippen molar-refractivity contribution in [3.63, 3.8) is 0 Å². The van der Waals surface area contributed by atoms with Crippen LogP contribution in [0.3, 0.4) is 0 Å². The highest BCUT2D eigenvalue weighted by molar-refractivity contribution is 5.80. The van der Waals surface area contributed by atoms with Gasteiger partial charge in [0, 0.05) is 18.0 Å². The highest BCUT2D eigenvalue weighted by Crippen LogP contribution is 2.44. The Morgan fingerprint density at radius 1 is 1.22 bits per heavy atom. The van der Waals surface area contributed by atoms with Gasteiger partial charge in [-0.15, -0.1) is 0 Å².